The van der Waals surface area contributed by atoms with Crippen molar-refractivity contribution >= 4 is 0 Å². The third-order valence-corrected chi connectivity index (χ3v) is 1.74. The minimum absolute atomic E-state index is 0.315. The van der Waals surface area contributed by atoms with E-state index in [0.717, 1.165) is 12.8 Å². The summed E-state index contributed by atoms with van der Waals surface area (Å²) >= 11 is 0. The van der Waals surface area contributed by atoms with Crippen LogP contribution in [0, 0.1) is 5.92 Å². The van der Waals surface area contributed by atoms with Gasteiger partial charge in [0.05, 0.1) is 0 Å². The van der Waals surface area contributed by atoms with Gasteiger partial charge in [-0.15, -0.1) is 0 Å². The first-order valence-corrected chi connectivity index (χ1v) is 3.97. The van der Waals surface area contributed by atoms with E-state index in [0.29, 0.717) is 12.0 Å². The van der Waals surface area contributed by atoms with Crippen molar-refractivity contribution in [2.75, 3.05) is 0 Å². The van der Waals surface area contributed by atoms with Crippen LogP contribution in [0.3, 0.4) is 0 Å². The highest BCUT2D eigenvalue weighted by Crippen LogP contribution is 2.13. The molecule has 0 aliphatic carbocycles. The Morgan fingerprint density at radius 1 is 1.40 bits per heavy atom. The van der Waals surface area contributed by atoms with Crippen molar-refractivity contribution in [2.24, 2.45) is 11.7 Å². The summed E-state index contributed by atoms with van der Waals surface area (Å²) in [6.07, 6.45) is 2.15. The van der Waals surface area contributed by atoms with Crippen LogP contribution in [0.25, 0.3) is 0 Å². The highest BCUT2D eigenvalue weighted by molar-refractivity contribution is 4.97. The van der Waals surface area contributed by atoms with Gasteiger partial charge in [0.1, 0.15) is 0 Å². The molecule has 0 aromatic heterocycles. The van der Waals surface area contributed by atoms with Crippen LogP contribution in [0.15, 0.2) is 12.2 Å². The average molecular weight is 141 g/mol. The van der Waals surface area contributed by atoms with E-state index >= 15 is 0 Å². The molecule has 0 radical (unpaired) electrons. The first-order chi connectivity index (χ1) is 4.54. The molecule has 0 heterocycles. The molecule has 60 valence electrons. The van der Waals surface area contributed by atoms with Crippen LogP contribution in [-0.2, 0) is 0 Å². The highest BCUT2D eigenvalue weighted by Gasteiger charge is 2.00. The summed E-state index contributed by atoms with van der Waals surface area (Å²) in [5, 5.41) is 0. The highest BCUT2D eigenvalue weighted by atomic mass is 14.6. The molecule has 0 saturated carbocycles. The van der Waals surface area contributed by atoms with E-state index < -0.39 is 0 Å². The van der Waals surface area contributed by atoms with Gasteiger partial charge in [-0.3, -0.25) is 0 Å². The molecule has 0 aromatic rings. The maximum Gasteiger partial charge on any atom is 0.00135 e. The fourth-order valence-electron chi connectivity index (χ4n) is 0.702. The molecule has 0 aromatic carbocycles. The minimum Gasteiger partial charge on any atom is -0.328 e. The first-order valence-electron chi connectivity index (χ1n) is 3.97. The lowest BCUT2D eigenvalue weighted by Crippen LogP contribution is -2.14. The number of nitrogens with two attached hydrogens (primary N) is 1. The third-order valence-electron chi connectivity index (χ3n) is 1.74. The van der Waals surface area contributed by atoms with Gasteiger partial charge in [-0.25, -0.2) is 0 Å². The number of rotatable bonds is 4. The third kappa shape index (κ3) is 4.57. The SMILES string of the molecule is C=C(CCC(C)N)C(C)C. The summed E-state index contributed by atoms with van der Waals surface area (Å²) in [5.41, 5.74) is 6.92. The lowest BCUT2D eigenvalue weighted by atomic mass is 9.99. The second-order valence-electron chi connectivity index (χ2n) is 3.33. The summed E-state index contributed by atoms with van der Waals surface area (Å²) in [6, 6.07) is 0.315. The molecule has 10 heavy (non-hydrogen) atoms. The molecule has 1 unspecified atom stereocenters. The molecule has 0 aliphatic heterocycles. The Bertz CT molecular complexity index is 103. The van der Waals surface area contributed by atoms with Crippen LogP contribution < -0.4 is 5.73 Å². The van der Waals surface area contributed by atoms with Crippen molar-refractivity contribution in [1.82, 2.24) is 0 Å². The predicted molar refractivity (Wildman–Crippen MR) is 46.9 cm³/mol. The number of hydrogen-bond acceptors (Lipinski definition) is 1. The Morgan fingerprint density at radius 2 is 1.90 bits per heavy atom. The molecule has 0 aliphatic rings. The lowest BCUT2D eigenvalue weighted by molar-refractivity contribution is 0.620. The Morgan fingerprint density at radius 3 is 2.20 bits per heavy atom. The number of allylic oxidation sites excluding steroid dienone is 1. The van der Waals surface area contributed by atoms with E-state index in [2.05, 4.69) is 20.4 Å². The second kappa shape index (κ2) is 4.51. The van der Waals surface area contributed by atoms with Crippen molar-refractivity contribution in [3.63, 3.8) is 0 Å². The zero-order valence-electron chi connectivity index (χ0n) is 7.35. The van der Waals surface area contributed by atoms with E-state index in [1.165, 1.54) is 5.57 Å². The van der Waals surface area contributed by atoms with Gasteiger partial charge in [0.25, 0.3) is 0 Å². The normalized spacial score (nSPS) is 13.7. The Labute approximate surface area is 64.3 Å². The minimum atomic E-state index is 0.315. The molecule has 0 fully saturated rings. The van der Waals surface area contributed by atoms with E-state index in [9.17, 15) is 0 Å². The van der Waals surface area contributed by atoms with Crippen LogP contribution in [0.2, 0.25) is 0 Å². The van der Waals surface area contributed by atoms with Gasteiger partial charge in [-0.05, 0) is 25.7 Å². The standard InChI is InChI=1S/C9H19N/c1-7(2)8(3)5-6-9(4)10/h7,9H,3,5-6,10H2,1-2,4H3. The van der Waals surface area contributed by atoms with Gasteiger partial charge in [-0.2, -0.15) is 0 Å². The van der Waals surface area contributed by atoms with Crippen molar-refractivity contribution in [2.45, 2.75) is 39.7 Å². The fourth-order valence-corrected chi connectivity index (χ4v) is 0.702. The van der Waals surface area contributed by atoms with Gasteiger partial charge in [0.2, 0.25) is 0 Å². The average Bonchev–Trinajstić information content (AvgIpc) is 1.82. The summed E-state index contributed by atoms with van der Waals surface area (Å²) in [7, 11) is 0. The van der Waals surface area contributed by atoms with E-state index in [1.807, 2.05) is 6.92 Å². The molecule has 0 amide bonds. The van der Waals surface area contributed by atoms with Gasteiger partial charge in [0.15, 0.2) is 0 Å². The van der Waals surface area contributed by atoms with Gasteiger partial charge in [-0.1, -0.05) is 26.0 Å². The fraction of sp³-hybridized carbons (Fsp3) is 0.778. The van der Waals surface area contributed by atoms with Crippen LogP contribution >= 0.6 is 0 Å². The zero-order chi connectivity index (χ0) is 8.15. The van der Waals surface area contributed by atoms with Crippen LogP contribution in [0.1, 0.15) is 33.6 Å². The molecule has 0 saturated heterocycles. The van der Waals surface area contributed by atoms with E-state index in [4.69, 9.17) is 5.73 Å². The van der Waals surface area contributed by atoms with Crippen LogP contribution in [0.4, 0.5) is 0 Å². The maximum atomic E-state index is 5.60. The lowest BCUT2D eigenvalue weighted by Gasteiger charge is -2.10. The molecule has 2 N–H and O–H groups in total. The Balaban J connectivity index is 3.40. The summed E-state index contributed by atoms with van der Waals surface area (Å²) in [6.45, 7) is 10.3. The van der Waals surface area contributed by atoms with Crippen molar-refractivity contribution in [3.8, 4) is 0 Å². The molecule has 1 nitrogen and oxygen atoms in total. The summed E-state index contributed by atoms with van der Waals surface area (Å²) < 4.78 is 0. The maximum absolute atomic E-state index is 5.60. The van der Waals surface area contributed by atoms with Crippen LogP contribution in [0.5, 0.6) is 0 Å². The van der Waals surface area contributed by atoms with Gasteiger partial charge < -0.3 is 5.73 Å². The van der Waals surface area contributed by atoms with Gasteiger partial charge >= 0.3 is 0 Å². The van der Waals surface area contributed by atoms with Crippen LogP contribution in [-0.4, -0.2) is 6.04 Å². The van der Waals surface area contributed by atoms with E-state index in [-0.39, 0.29) is 0 Å². The first kappa shape index (κ1) is 9.70. The van der Waals surface area contributed by atoms with Crippen molar-refractivity contribution in [1.29, 1.82) is 0 Å². The largest absolute Gasteiger partial charge is 0.328 e. The zero-order valence-corrected chi connectivity index (χ0v) is 7.35. The molecule has 0 bridgehead atoms. The monoisotopic (exact) mass is 141 g/mol. The summed E-state index contributed by atoms with van der Waals surface area (Å²) in [5.74, 6) is 0.610. The molecular formula is C9H19N. The topological polar surface area (TPSA) is 26.0 Å². The molecular weight excluding hydrogens is 122 g/mol. The molecule has 1 heteroatoms. The Kier molecular flexibility index (Phi) is 4.37. The molecule has 0 spiro atoms. The second-order valence-corrected chi connectivity index (χ2v) is 3.33. The van der Waals surface area contributed by atoms with Crippen molar-refractivity contribution in [3.05, 3.63) is 12.2 Å². The molecule has 0 rings (SSSR count). The predicted octanol–water partition coefficient (Wildman–Crippen LogP) is 2.33. The summed E-state index contributed by atoms with van der Waals surface area (Å²) in [4.78, 5) is 0. The smallest absolute Gasteiger partial charge is 0.00135 e. The number of hydrogen-bond donors (Lipinski definition) is 1. The Hall–Kier alpha value is -0.300. The van der Waals surface area contributed by atoms with E-state index in [1.54, 1.807) is 0 Å². The quantitative estimate of drug-likeness (QED) is 0.597. The molecule has 1 atom stereocenters. The van der Waals surface area contributed by atoms with Crippen molar-refractivity contribution < 1.29 is 0 Å². The van der Waals surface area contributed by atoms with Gasteiger partial charge in [0, 0.05) is 6.04 Å².